The van der Waals surface area contributed by atoms with Crippen LogP contribution >= 0.6 is 0 Å². The van der Waals surface area contributed by atoms with E-state index >= 15 is 0 Å². The van der Waals surface area contributed by atoms with Crippen molar-refractivity contribution in [1.82, 2.24) is 10.2 Å². The quantitative estimate of drug-likeness (QED) is 0.693. The summed E-state index contributed by atoms with van der Waals surface area (Å²) >= 11 is 0. The average Bonchev–Trinajstić information content (AvgIpc) is 2.38. The van der Waals surface area contributed by atoms with Gasteiger partial charge in [0.2, 0.25) is 0 Å². The topological polar surface area (TPSA) is 89.9 Å². The van der Waals surface area contributed by atoms with Gasteiger partial charge in [0, 0.05) is 26.1 Å². The van der Waals surface area contributed by atoms with E-state index in [4.69, 9.17) is 10.2 Å². The lowest BCUT2D eigenvalue weighted by Gasteiger charge is -2.33. The molecule has 0 aliphatic carbocycles. The number of urea groups is 1. The molecular weight excluding hydrogens is 248 g/mol. The second-order valence-corrected chi connectivity index (χ2v) is 5.44. The fraction of sp³-hybridized carbons (Fsp3) is 0.846. The fourth-order valence-corrected chi connectivity index (χ4v) is 2.32. The van der Waals surface area contributed by atoms with Crippen LogP contribution in [0.15, 0.2) is 0 Å². The molecule has 1 rings (SSSR count). The van der Waals surface area contributed by atoms with Crippen molar-refractivity contribution in [3.63, 3.8) is 0 Å². The molecule has 6 nitrogen and oxygen atoms in total. The number of aliphatic hydroxyl groups is 1. The number of nitrogens with zero attached hydrogens (tertiary/aromatic N) is 1. The molecule has 110 valence electrons. The van der Waals surface area contributed by atoms with E-state index < -0.39 is 12.1 Å². The number of amides is 2. The molecule has 1 atom stereocenters. The molecule has 0 bridgehead atoms. The second-order valence-electron chi connectivity index (χ2n) is 5.44. The van der Waals surface area contributed by atoms with Gasteiger partial charge < -0.3 is 20.4 Å². The Kier molecular flexibility index (Phi) is 6.08. The minimum absolute atomic E-state index is 0.0313. The van der Waals surface area contributed by atoms with Crippen LogP contribution in [-0.4, -0.2) is 52.9 Å². The SMILES string of the molecule is CC(C)C1CCN(C(=O)NCC[C@H](O)C(=O)O)CC1. The number of hydrogen-bond acceptors (Lipinski definition) is 3. The average molecular weight is 272 g/mol. The van der Waals surface area contributed by atoms with Crippen LogP contribution in [0.5, 0.6) is 0 Å². The first kappa shape index (κ1) is 15.8. The number of carbonyl (C=O) groups excluding carboxylic acids is 1. The summed E-state index contributed by atoms with van der Waals surface area (Å²) in [6.07, 6.45) is 0.654. The lowest BCUT2D eigenvalue weighted by molar-refractivity contribution is -0.146. The molecule has 0 saturated carbocycles. The molecule has 0 aromatic rings. The van der Waals surface area contributed by atoms with Crippen molar-refractivity contribution in [2.24, 2.45) is 11.8 Å². The van der Waals surface area contributed by atoms with Crippen LogP contribution < -0.4 is 5.32 Å². The Balaban J connectivity index is 2.23. The van der Waals surface area contributed by atoms with Gasteiger partial charge in [-0.1, -0.05) is 13.8 Å². The Hall–Kier alpha value is -1.30. The van der Waals surface area contributed by atoms with Gasteiger partial charge in [0.05, 0.1) is 0 Å². The smallest absolute Gasteiger partial charge is 0.332 e. The Bertz CT molecular complexity index is 312. The van der Waals surface area contributed by atoms with E-state index in [0.717, 1.165) is 25.9 Å². The standard InChI is InChI=1S/C13H24N2O4/c1-9(2)10-4-7-15(8-5-10)13(19)14-6-3-11(16)12(17)18/h9-11,16H,3-8H2,1-2H3,(H,14,19)(H,17,18)/t11-/m0/s1. The van der Waals surface area contributed by atoms with Crippen LogP contribution in [0.4, 0.5) is 4.79 Å². The lowest BCUT2D eigenvalue weighted by Crippen LogP contribution is -2.45. The van der Waals surface area contributed by atoms with Crippen molar-refractivity contribution < 1.29 is 19.8 Å². The fourth-order valence-electron chi connectivity index (χ4n) is 2.32. The van der Waals surface area contributed by atoms with E-state index in [9.17, 15) is 9.59 Å². The van der Waals surface area contributed by atoms with Crippen molar-refractivity contribution in [3.05, 3.63) is 0 Å². The highest BCUT2D eigenvalue weighted by Gasteiger charge is 2.24. The Morgan fingerprint density at radius 3 is 2.37 bits per heavy atom. The number of aliphatic hydroxyl groups excluding tert-OH is 1. The van der Waals surface area contributed by atoms with Crippen molar-refractivity contribution >= 4 is 12.0 Å². The molecule has 1 fully saturated rings. The summed E-state index contributed by atoms with van der Waals surface area (Å²) < 4.78 is 0. The number of carbonyl (C=O) groups is 2. The van der Waals surface area contributed by atoms with Crippen molar-refractivity contribution in [1.29, 1.82) is 0 Å². The summed E-state index contributed by atoms with van der Waals surface area (Å²) in [7, 11) is 0. The van der Waals surface area contributed by atoms with Crippen molar-refractivity contribution in [3.8, 4) is 0 Å². The highest BCUT2D eigenvalue weighted by atomic mass is 16.4. The Morgan fingerprint density at radius 2 is 1.89 bits per heavy atom. The Morgan fingerprint density at radius 1 is 1.32 bits per heavy atom. The van der Waals surface area contributed by atoms with Gasteiger partial charge in [-0.25, -0.2) is 9.59 Å². The van der Waals surface area contributed by atoms with Gasteiger partial charge in [0.25, 0.3) is 0 Å². The van der Waals surface area contributed by atoms with Gasteiger partial charge in [-0.2, -0.15) is 0 Å². The third kappa shape index (κ3) is 5.06. The molecule has 1 saturated heterocycles. The summed E-state index contributed by atoms with van der Waals surface area (Å²) in [5.74, 6) is 0.0702. The number of rotatable bonds is 5. The van der Waals surface area contributed by atoms with Crippen molar-refractivity contribution in [2.75, 3.05) is 19.6 Å². The number of nitrogens with one attached hydrogen (secondary N) is 1. The molecule has 0 aromatic carbocycles. The third-order valence-corrected chi connectivity index (χ3v) is 3.75. The number of aliphatic carboxylic acids is 1. The van der Waals surface area contributed by atoms with Crippen LogP contribution in [0.1, 0.15) is 33.1 Å². The van der Waals surface area contributed by atoms with E-state index in [2.05, 4.69) is 19.2 Å². The molecule has 1 aliphatic rings. The molecule has 0 aromatic heterocycles. The number of carboxylic acid groups (broad SMARTS) is 1. The van der Waals surface area contributed by atoms with Crippen LogP contribution in [0, 0.1) is 11.8 Å². The predicted octanol–water partition coefficient (Wildman–Crippen LogP) is 0.900. The maximum absolute atomic E-state index is 11.8. The van der Waals surface area contributed by atoms with Crippen LogP contribution in [0.3, 0.4) is 0 Å². The summed E-state index contributed by atoms with van der Waals surface area (Å²) in [5, 5.41) is 20.2. The minimum Gasteiger partial charge on any atom is -0.479 e. The maximum Gasteiger partial charge on any atom is 0.332 e. The highest BCUT2D eigenvalue weighted by Crippen LogP contribution is 2.24. The molecule has 0 unspecified atom stereocenters. The molecular formula is C13H24N2O4. The molecule has 1 aliphatic heterocycles. The van der Waals surface area contributed by atoms with Gasteiger partial charge in [-0.15, -0.1) is 0 Å². The summed E-state index contributed by atoms with van der Waals surface area (Å²) in [6.45, 7) is 6.07. The number of hydrogen-bond donors (Lipinski definition) is 3. The lowest BCUT2D eigenvalue weighted by atomic mass is 9.87. The first-order chi connectivity index (χ1) is 8.91. The minimum atomic E-state index is -1.41. The zero-order valence-corrected chi connectivity index (χ0v) is 11.6. The van der Waals surface area contributed by atoms with Gasteiger partial charge >= 0.3 is 12.0 Å². The van der Waals surface area contributed by atoms with E-state index in [1.165, 1.54) is 0 Å². The normalized spacial score (nSPS) is 18.4. The van der Waals surface area contributed by atoms with E-state index in [1.807, 2.05) is 0 Å². The molecule has 0 radical (unpaired) electrons. The first-order valence-electron chi connectivity index (χ1n) is 6.85. The third-order valence-electron chi connectivity index (χ3n) is 3.75. The van der Waals surface area contributed by atoms with Gasteiger partial charge in [-0.05, 0) is 24.7 Å². The molecule has 6 heteroatoms. The zero-order valence-electron chi connectivity index (χ0n) is 11.6. The summed E-state index contributed by atoms with van der Waals surface area (Å²) in [4.78, 5) is 24.0. The number of piperidine rings is 1. The first-order valence-corrected chi connectivity index (χ1v) is 6.85. The summed E-state index contributed by atoms with van der Waals surface area (Å²) in [5.41, 5.74) is 0. The van der Waals surface area contributed by atoms with Crippen LogP contribution in [-0.2, 0) is 4.79 Å². The van der Waals surface area contributed by atoms with Crippen LogP contribution in [0.2, 0.25) is 0 Å². The number of carboxylic acids is 1. The molecule has 19 heavy (non-hydrogen) atoms. The van der Waals surface area contributed by atoms with E-state index in [0.29, 0.717) is 11.8 Å². The van der Waals surface area contributed by atoms with Crippen molar-refractivity contribution in [2.45, 2.75) is 39.2 Å². The summed E-state index contributed by atoms with van der Waals surface area (Å²) in [6, 6.07) is -0.167. The van der Waals surface area contributed by atoms with Crippen LogP contribution in [0.25, 0.3) is 0 Å². The predicted molar refractivity (Wildman–Crippen MR) is 70.8 cm³/mol. The largest absolute Gasteiger partial charge is 0.479 e. The molecule has 0 spiro atoms. The Labute approximate surface area is 113 Å². The molecule has 1 heterocycles. The van der Waals surface area contributed by atoms with E-state index in [-0.39, 0.29) is 19.0 Å². The molecule has 3 N–H and O–H groups in total. The second kappa shape index (κ2) is 7.33. The van der Waals surface area contributed by atoms with Gasteiger partial charge in [-0.3, -0.25) is 0 Å². The highest BCUT2D eigenvalue weighted by molar-refractivity contribution is 5.74. The monoisotopic (exact) mass is 272 g/mol. The van der Waals surface area contributed by atoms with Gasteiger partial charge in [0.1, 0.15) is 0 Å². The van der Waals surface area contributed by atoms with Gasteiger partial charge in [0.15, 0.2) is 6.10 Å². The van der Waals surface area contributed by atoms with E-state index in [1.54, 1.807) is 4.90 Å². The maximum atomic E-state index is 11.8. The number of likely N-dealkylation sites (tertiary alicyclic amines) is 1. The zero-order chi connectivity index (χ0) is 14.4. The molecule has 2 amide bonds.